The topological polar surface area (TPSA) is 114 Å². The van der Waals surface area contributed by atoms with Gasteiger partial charge >= 0.3 is 18.1 Å². The molecule has 12 heteroatoms. The van der Waals surface area contributed by atoms with Crippen molar-refractivity contribution < 1.29 is 46.9 Å². The molecule has 0 saturated heterocycles. The molecule has 1 aromatic rings. The number of rotatable bonds is 8. The van der Waals surface area contributed by atoms with Crippen LogP contribution in [0.25, 0.3) is 6.08 Å². The smallest absolute Gasteiger partial charge is 0.430 e. The number of ether oxygens (including phenoxy) is 3. The molecule has 9 nitrogen and oxygen atoms in total. The first-order valence-electron chi connectivity index (χ1n) is 8.71. The molecule has 0 amide bonds. The highest BCUT2D eigenvalue weighted by molar-refractivity contribution is 5.96. The zero-order valence-corrected chi connectivity index (χ0v) is 16.0. The van der Waals surface area contributed by atoms with Crippen LogP contribution in [0.2, 0.25) is 0 Å². The molecule has 0 aromatic heterocycles. The second-order valence-corrected chi connectivity index (χ2v) is 6.21. The van der Waals surface area contributed by atoms with Gasteiger partial charge in [0.25, 0.3) is 5.09 Å². The largest absolute Gasteiger partial charge is 0.475 e. The SMILES string of the molecule is CCc1cc(C)cc2c1O[C@H](C(F)(F)F)C(C(=O)OCOC(=O)CCO[N+](=O)[O-])=C2. The van der Waals surface area contributed by atoms with Gasteiger partial charge in [0.15, 0.2) is 0 Å². The van der Waals surface area contributed by atoms with Crippen molar-refractivity contribution in [3.63, 3.8) is 0 Å². The van der Waals surface area contributed by atoms with Gasteiger partial charge in [-0.3, -0.25) is 4.79 Å². The molecule has 0 fully saturated rings. The number of hydrogen-bond donors (Lipinski definition) is 0. The molecule has 0 N–H and O–H groups in total. The van der Waals surface area contributed by atoms with Crippen LogP contribution in [0, 0.1) is 17.0 Å². The summed E-state index contributed by atoms with van der Waals surface area (Å²) >= 11 is 0. The third-order valence-corrected chi connectivity index (χ3v) is 3.99. The van der Waals surface area contributed by atoms with Crippen LogP contribution in [-0.4, -0.2) is 42.7 Å². The van der Waals surface area contributed by atoms with E-state index in [-0.39, 0.29) is 5.75 Å². The number of carbonyl (C=O) groups is 2. The minimum atomic E-state index is -4.89. The lowest BCUT2D eigenvalue weighted by molar-refractivity contribution is -0.757. The summed E-state index contributed by atoms with van der Waals surface area (Å²) in [5, 5.41) is 8.86. The van der Waals surface area contributed by atoms with Crippen LogP contribution in [0.3, 0.4) is 0 Å². The van der Waals surface area contributed by atoms with Gasteiger partial charge in [0.2, 0.25) is 12.9 Å². The fourth-order valence-electron chi connectivity index (χ4n) is 2.73. The molecule has 30 heavy (non-hydrogen) atoms. The van der Waals surface area contributed by atoms with Crippen molar-refractivity contribution in [2.45, 2.75) is 39.0 Å². The van der Waals surface area contributed by atoms with Gasteiger partial charge in [-0.1, -0.05) is 13.0 Å². The maximum atomic E-state index is 13.5. The summed E-state index contributed by atoms with van der Waals surface area (Å²) in [6.07, 6.45) is -6.48. The Bertz CT molecular complexity index is 866. The molecule has 1 atom stereocenters. The lowest BCUT2D eigenvalue weighted by Crippen LogP contribution is -2.41. The third kappa shape index (κ3) is 5.84. The second kappa shape index (κ2) is 9.46. The number of fused-ring (bicyclic) bond motifs is 1. The summed E-state index contributed by atoms with van der Waals surface area (Å²) in [4.78, 5) is 37.4. The Morgan fingerprint density at radius 1 is 1.27 bits per heavy atom. The Hall–Kier alpha value is -3.31. The van der Waals surface area contributed by atoms with Crippen molar-refractivity contribution in [3.05, 3.63) is 44.5 Å². The van der Waals surface area contributed by atoms with Crippen LogP contribution in [-0.2, 0) is 30.3 Å². The summed E-state index contributed by atoms with van der Waals surface area (Å²) in [5.41, 5.74) is 0.840. The monoisotopic (exact) mass is 433 g/mol. The van der Waals surface area contributed by atoms with Gasteiger partial charge in [-0.15, -0.1) is 10.1 Å². The molecule has 0 unspecified atom stereocenters. The van der Waals surface area contributed by atoms with Crippen molar-refractivity contribution in [1.29, 1.82) is 0 Å². The number of carbonyl (C=O) groups excluding carboxylic acids is 2. The molecule has 1 aliphatic heterocycles. The number of nitrogens with zero attached hydrogens (tertiary/aromatic N) is 1. The van der Waals surface area contributed by atoms with Gasteiger partial charge < -0.3 is 19.0 Å². The van der Waals surface area contributed by atoms with Crippen LogP contribution in [0.15, 0.2) is 17.7 Å². The van der Waals surface area contributed by atoms with Crippen molar-refractivity contribution in [2.24, 2.45) is 0 Å². The quantitative estimate of drug-likeness (QED) is 0.266. The Morgan fingerprint density at radius 2 is 1.97 bits per heavy atom. The highest BCUT2D eigenvalue weighted by Gasteiger charge is 2.49. The lowest BCUT2D eigenvalue weighted by atomic mass is 9.96. The molecule has 1 aromatic carbocycles. The van der Waals surface area contributed by atoms with E-state index < -0.39 is 54.7 Å². The molecular weight excluding hydrogens is 415 g/mol. The third-order valence-electron chi connectivity index (χ3n) is 3.99. The van der Waals surface area contributed by atoms with Gasteiger partial charge in [0.1, 0.15) is 12.4 Å². The zero-order valence-electron chi connectivity index (χ0n) is 16.0. The summed E-state index contributed by atoms with van der Waals surface area (Å²) in [7, 11) is 0. The van der Waals surface area contributed by atoms with E-state index in [9.17, 15) is 32.9 Å². The number of aryl methyl sites for hydroxylation is 2. The average molecular weight is 433 g/mol. The van der Waals surface area contributed by atoms with Gasteiger partial charge in [-0.25, -0.2) is 4.79 Å². The van der Waals surface area contributed by atoms with Crippen LogP contribution < -0.4 is 4.74 Å². The van der Waals surface area contributed by atoms with Gasteiger partial charge in [-0.05, 0) is 36.6 Å². The van der Waals surface area contributed by atoms with Crippen molar-refractivity contribution in [1.82, 2.24) is 0 Å². The summed E-state index contributed by atoms with van der Waals surface area (Å²) < 4.78 is 54.7. The van der Waals surface area contributed by atoms with E-state index in [2.05, 4.69) is 14.3 Å². The van der Waals surface area contributed by atoms with Gasteiger partial charge in [-0.2, -0.15) is 13.2 Å². The molecule has 0 spiro atoms. The number of halogens is 3. The van der Waals surface area contributed by atoms with Crippen LogP contribution in [0.4, 0.5) is 13.2 Å². The van der Waals surface area contributed by atoms with Gasteiger partial charge in [0, 0.05) is 5.56 Å². The number of hydrogen-bond acceptors (Lipinski definition) is 8. The summed E-state index contributed by atoms with van der Waals surface area (Å²) in [6, 6.07) is 3.27. The molecule has 2 rings (SSSR count). The Morgan fingerprint density at radius 3 is 2.57 bits per heavy atom. The van der Waals surface area contributed by atoms with Crippen LogP contribution in [0.5, 0.6) is 5.75 Å². The molecule has 1 heterocycles. The molecule has 0 bridgehead atoms. The average Bonchev–Trinajstić information content (AvgIpc) is 2.65. The van der Waals surface area contributed by atoms with Crippen LogP contribution >= 0.6 is 0 Å². The molecule has 0 radical (unpaired) electrons. The molecular formula is C18H18F3NO8. The highest BCUT2D eigenvalue weighted by atomic mass is 19.4. The normalized spacial score (nSPS) is 15.4. The predicted octanol–water partition coefficient (Wildman–Crippen LogP) is 2.91. The van der Waals surface area contributed by atoms with E-state index in [1.54, 1.807) is 26.0 Å². The van der Waals surface area contributed by atoms with E-state index >= 15 is 0 Å². The van der Waals surface area contributed by atoms with E-state index in [0.29, 0.717) is 17.5 Å². The Kier molecular flexibility index (Phi) is 7.24. The number of alkyl halides is 3. The molecule has 0 saturated carbocycles. The first-order chi connectivity index (χ1) is 14.0. The van der Waals surface area contributed by atoms with Crippen molar-refractivity contribution in [3.8, 4) is 5.75 Å². The second-order valence-electron chi connectivity index (χ2n) is 6.21. The Labute approximate surface area is 168 Å². The fraction of sp³-hybridized carbons (Fsp3) is 0.444. The highest BCUT2D eigenvalue weighted by Crippen LogP contribution is 2.40. The maximum absolute atomic E-state index is 13.5. The standard InChI is InChI=1S/C18H18F3NO8/c1-3-11-6-10(2)7-12-8-13(16(18(19,20)21)30-15(11)12)17(24)28-9-27-14(23)4-5-29-22(25)26/h6-8,16H,3-5,9H2,1-2H3/t16-/m0/s1. The number of benzene rings is 1. The van der Waals surface area contributed by atoms with Crippen LogP contribution in [0.1, 0.15) is 30.0 Å². The van der Waals surface area contributed by atoms with E-state index in [1.165, 1.54) is 0 Å². The predicted molar refractivity (Wildman–Crippen MR) is 93.6 cm³/mol. The maximum Gasteiger partial charge on any atom is 0.430 e. The first kappa shape index (κ1) is 23.0. The first-order valence-corrected chi connectivity index (χ1v) is 8.71. The summed E-state index contributed by atoms with van der Waals surface area (Å²) in [6.45, 7) is 1.96. The molecule has 0 aliphatic carbocycles. The lowest BCUT2D eigenvalue weighted by Gasteiger charge is -2.29. The minimum absolute atomic E-state index is 0.0409. The van der Waals surface area contributed by atoms with Gasteiger partial charge in [0.05, 0.1) is 12.0 Å². The van der Waals surface area contributed by atoms with Crippen molar-refractivity contribution >= 4 is 18.0 Å². The zero-order chi connectivity index (χ0) is 22.5. The number of esters is 2. The fourth-order valence-corrected chi connectivity index (χ4v) is 2.73. The van der Waals surface area contributed by atoms with E-state index in [0.717, 1.165) is 11.6 Å². The Balaban J connectivity index is 2.12. The minimum Gasteiger partial charge on any atom is -0.475 e. The molecule has 1 aliphatic rings. The summed E-state index contributed by atoms with van der Waals surface area (Å²) in [5.74, 6) is -2.34. The molecule has 164 valence electrons. The van der Waals surface area contributed by atoms with E-state index in [1.807, 2.05) is 0 Å². The van der Waals surface area contributed by atoms with E-state index in [4.69, 9.17) is 4.74 Å². The van der Waals surface area contributed by atoms with Crippen molar-refractivity contribution in [2.75, 3.05) is 13.4 Å².